The van der Waals surface area contributed by atoms with Crippen molar-refractivity contribution in [3.05, 3.63) is 35.4 Å². The Labute approximate surface area is 111 Å². The van der Waals surface area contributed by atoms with Crippen LogP contribution in [0.25, 0.3) is 0 Å². The summed E-state index contributed by atoms with van der Waals surface area (Å²) in [5.74, 6) is 0.576. The van der Waals surface area contributed by atoms with Crippen molar-refractivity contribution >= 4 is 15.9 Å². The molecule has 1 fully saturated rings. The number of benzene rings is 1. The van der Waals surface area contributed by atoms with Crippen molar-refractivity contribution in [2.75, 3.05) is 19.8 Å². The van der Waals surface area contributed by atoms with Crippen LogP contribution in [0, 0.1) is 0 Å². The van der Waals surface area contributed by atoms with Gasteiger partial charge in [-0.05, 0) is 17.0 Å². The predicted molar refractivity (Wildman–Crippen MR) is 72.8 cm³/mol. The lowest BCUT2D eigenvalue weighted by molar-refractivity contribution is -0.0876. The standard InChI is InChI=1S/C14H19BrO2/c1-10(2)11-3-5-12(6-4-11)14(15)13-9-16-7-8-17-13/h3-6,10,13-14H,7-9H2,1-2H3. The molecule has 0 bridgehead atoms. The van der Waals surface area contributed by atoms with Gasteiger partial charge in [0.05, 0.1) is 30.8 Å². The minimum atomic E-state index is 0.119. The SMILES string of the molecule is CC(C)c1ccc(C(Br)C2COCCO2)cc1. The zero-order valence-electron chi connectivity index (χ0n) is 10.4. The molecular weight excluding hydrogens is 280 g/mol. The predicted octanol–water partition coefficient (Wildman–Crippen LogP) is 3.66. The Morgan fingerprint density at radius 1 is 1.12 bits per heavy atom. The molecule has 0 amide bonds. The molecule has 94 valence electrons. The van der Waals surface area contributed by atoms with Gasteiger partial charge in [-0.2, -0.15) is 0 Å². The Morgan fingerprint density at radius 2 is 1.76 bits per heavy atom. The van der Waals surface area contributed by atoms with Crippen LogP contribution in [0.3, 0.4) is 0 Å². The van der Waals surface area contributed by atoms with Crippen LogP contribution in [-0.2, 0) is 9.47 Å². The van der Waals surface area contributed by atoms with Crippen molar-refractivity contribution in [3.63, 3.8) is 0 Å². The number of halogens is 1. The summed E-state index contributed by atoms with van der Waals surface area (Å²) in [6.45, 7) is 6.48. The molecule has 0 spiro atoms. The summed E-state index contributed by atoms with van der Waals surface area (Å²) in [4.78, 5) is 0.212. The third-order valence-electron chi connectivity index (χ3n) is 3.09. The molecule has 1 saturated heterocycles. The maximum Gasteiger partial charge on any atom is 0.0975 e. The van der Waals surface area contributed by atoms with Crippen LogP contribution in [0.15, 0.2) is 24.3 Å². The van der Waals surface area contributed by atoms with Crippen LogP contribution >= 0.6 is 15.9 Å². The van der Waals surface area contributed by atoms with Crippen molar-refractivity contribution in [2.24, 2.45) is 0 Å². The van der Waals surface area contributed by atoms with Gasteiger partial charge in [-0.15, -0.1) is 0 Å². The molecule has 17 heavy (non-hydrogen) atoms. The van der Waals surface area contributed by atoms with Crippen LogP contribution in [0.4, 0.5) is 0 Å². The molecule has 0 saturated carbocycles. The Morgan fingerprint density at radius 3 is 2.29 bits per heavy atom. The molecule has 1 aliphatic rings. The molecule has 1 aromatic carbocycles. The van der Waals surface area contributed by atoms with Crippen molar-refractivity contribution in [1.29, 1.82) is 0 Å². The molecule has 3 heteroatoms. The first-order valence-electron chi connectivity index (χ1n) is 6.11. The van der Waals surface area contributed by atoms with Gasteiger partial charge in [-0.1, -0.05) is 54.0 Å². The average molecular weight is 299 g/mol. The highest BCUT2D eigenvalue weighted by Crippen LogP contribution is 2.30. The topological polar surface area (TPSA) is 18.5 Å². The van der Waals surface area contributed by atoms with E-state index in [4.69, 9.17) is 9.47 Å². The summed E-state index contributed by atoms with van der Waals surface area (Å²) in [6.07, 6.45) is 0.119. The van der Waals surface area contributed by atoms with Crippen molar-refractivity contribution in [1.82, 2.24) is 0 Å². The fourth-order valence-electron chi connectivity index (χ4n) is 1.95. The van der Waals surface area contributed by atoms with E-state index in [1.165, 1.54) is 11.1 Å². The fourth-order valence-corrected chi connectivity index (χ4v) is 2.56. The Kier molecular flexibility index (Phi) is 4.60. The third kappa shape index (κ3) is 3.30. The summed E-state index contributed by atoms with van der Waals surface area (Å²) in [5.41, 5.74) is 2.62. The molecule has 1 heterocycles. The number of ether oxygens (including phenoxy) is 2. The van der Waals surface area contributed by atoms with Gasteiger partial charge in [0, 0.05) is 0 Å². The van der Waals surface area contributed by atoms with E-state index in [0.29, 0.717) is 25.7 Å². The van der Waals surface area contributed by atoms with E-state index in [1.807, 2.05) is 0 Å². The lowest BCUT2D eigenvalue weighted by atomic mass is 9.99. The molecule has 0 N–H and O–H groups in total. The minimum Gasteiger partial charge on any atom is -0.376 e. The van der Waals surface area contributed by atoms with Crippen LogP contribution in [0.1, 0.15) is 35.7 Å². The first kappa shape index (κ1) is 13.1. The van der Waals surface area contributed by atoms with E-state index in [2.05, 4.69) is 54.0 Å². The van der Waals surface area contributed by atoms with Gasteiger partial charge in [0.25, 0.3) is 0 Å². The van der Waals surface area contributed by atoms with Gasteiger partial charge >= 0.3 is 0 Å². The van der Waals surface area contributed by atoms with Crippen LogP contribution in [0.2, 0.25) is 0 Å². The van der Waals surface area contributed by atoms with Crippen LogP contribution < -0.4 is 0 Å². The maximum absolute atomic E-state index is 5.70. The normalized spacial score (nSPS) is 22.7. The van der Waals surface area contributed by atoms with Crippen molar-refractivity contribution < 1.29 is 9.47 Å². The number of hydrogen-bond donors (Lipinski definition) is 0. The quantitative estimate of drug-likeness (QED) is 0.793. The van der Waals surface area contributed by atoms with Gasteiger partial charge in [-0.25, -0.2) is 0 Å². The van der Waals surface area contributed by atoms with Crippen LogP contribution in [-0.4, -0.2) is 25.9 Å². The van der Waals surface area contributed by atoms with E-state index >= 15 is 0 Å². The third-order valence-corrected chi connectivity index (χ3v) is 4.21. The fraction of sp³-hybridized carbons (Fsp3) is 0.571. The van der Waals surface area contributed by atoms with Crippen molar-refractivity contribution in [3.8, 4) is 0 Å². The van der Waals surface area contributed by atoms with E-state index in [9.17, 15) is 0 Å². The molecular formula is C14H19BrO2. The maximum atomic E-state index is 5.70. The first-order valence-corrected chi connectivity index (χ1v) is 7.03. The highest BCUT2D eigenvalue weighted by Gasteiger charge is 2.24. The summed E-state index contributed by atoms with van der Waals surface area (Å²) in [5, 5.41) is 0. The molecule has 0 radical (unpaired) electrons. The Bertz CT molecular complexity index is 342. The number of alkyl halides is 1. The highest BCUT2D eigenvalue weighted by molar-refractivity contribution is 9.09. The summed E-state index contributed by atoms with van der Waals surface area (Å²) in [7, 11) is 0. The first-order chi connectivity index (χ1) is 8.18. The number of hydrogen-bond acceptors (Lipinski definition) is 2. The Hall–Kier alpha value is -0.380. The van der Waals surface area contributed by atoms with Gasteiger partial charge < -0.3 is 9.47 Å². The van der Waals surface area contributed by atoms with Crippen molar-refractivity contribution in [2.45, 2.75) is 30.7 Å². The monoisotopic (exact) mass is 298 g/mol. The molecule has 0 aromatic heterocycles. The zero-order valence-corrected chi connectivity index (χ0v) is 11.9. The zero-order chi connectivity index (χ0) is 12.3. The molecule has 1 aromatic rings. The van der Waals surface area contributed by atoms with Gasteiger partial charge in [0.15, 0.2) is 0 Å². The van der Waals surface area contributed by atoms with Gasteiger partial charge in [0.2, 0.25) is 0 Å². The molecule has 2 unspecified atom stereocenters. The minimum absolute atomic E-state index is 0.119. The van der Waals surface area contributed by atoms with Gasteiger partial charge in [0.1, 0.15) is 0 Å². The Balaban J connectivity index is 2.05. The lowest BCUT2D eigenvalue weighted by Gasteiger charge is -2.27. The van der Waals surface area contributed by atoms with Crippen LogP contribution in [0.5, 0.6) is 0 Å². The average Bonchev–Trinajstić information content (AvgIpc) is 2.39. The second-order valence-corrected chi connectivity index (χ2v) is 5.69. The van der Waals surface area contributed by atoms with E-state index in [-0.39, 0.29) is 10.9 Å². The highest BCUT2D eigenvalue weighted by atomic mass is 79.9. The molecule has 2 rings (SSSR count). The van der Waals surface area contributed by atoms with E-state index in [1.54, 1.807) is 0 Å². The number of rotatable bonds is 3. The molecule has 0 aliphatic carbocycles. The molecule has 2 atom stereocenters. The summed E-state index contributed by atoms with van der Waals surface area (Å²) in [6, 6.07) is 8.73. The molecule has 2 nitrogen and oxygen atoms in total. The molecule has 1 aliphatic heterocycles. The summed E-state index contributed by atoms with van der Waals surface area (Å²) >= 11 is 3.70. The van der Waals surface area contributed by atoms with E-state index < -0.39 is 0 Å². The smallest absolute Gasteiger partial charge is 0.0975 e. The van der Waals surface area contributed by atoms with E-state index in [0.717, 1.165) is 0 Å². The second-order valence-electron chi connectivity index (χ2n) is 4.71. The van der Waals surface area contributed by atoms with Gasteiger partial charge in [-0.3, -0.25) is 0 Å². The second kappa shape index (κ2) is 5.98. The summed E-state index contributed by atoms with van der Waals surface area (Å²) < 4.78 is 11.1. The largest absolute Gasteiger partial charge is 0.376 e. The lowest BCUT2D eigenvalue weighted by Crippen LogP contribution is -2.31.